The van der Waals surface area contributed by atoms with Crippen LogP contribution >= 0.6 is 0 Å². The van der Waals surface area contributed by atoms with E-state index in [9.17, 15) is 9.59 Å². The third kappa shape index (κ3) is 16.9. The molecule has 148 valence electrons. The molecule has 0 spiro atoms. The first-order chi connectivity index (χ1) is 11.9. The van der Waals surface area contributed by atoms with Crippen molar-refractivity contribution in [1.29, 1.82) is 0 Å². The van der Waals surface area contributed by atoms with Crippen LogP contribution in [-0.4, -0.2) is 31.1 Å². The minimum atomic E-state index is -3.47. The van der Waals surface area contributed by atoms with Crippen molar-refractivity contribution in [3.05, 3.63) is 0 Å². The van der Waals surface area contributed by atoms with Gasteiger partial charge in [-0.1, -0.05) is 0 Å². The number of hydrogen-bond donors (Lipinski definition) is 0. The Hall–Kier alpha value is -0.261. The number of carbonyl (C=O) groups is 2. The molecule has 0 aromatic heterocycles. The van der Waals surface area contributed by atoms with E-state index in [0.717, 1.165) is 25.7 Å². The van der Waals surface area contributed by atoms with Gasteiger partial charge in [-0.2, -0.15) is 0 Å². The molecule has 0 saturated carbocycles. The average Bonchev–Trinajstić information content (AvgIpc) is 2.53. The number of carbonyl (C=O) groups excluding carboxylic acids is 2. The van der Waals surface area contributed by atoms with Crippen LogP contribution in [-0.2, 0) is 15.7 Å². The van der Waals surface area contributed by atoms with Crippen LogP contribution in [0.15, 0.2) is 0 Å². The van der Waals surface area contributed by atoms with Gasteiger partial charge in [0, 0.05) is 0 Å². The summed E-state index contributed by atoms with van der Waals surface area (Å²) in [6, 6.07) is 0. The molecule has 0 heterocycles. The fourth-order valence-electron chi connectivity index (χ4n) is 2.77. The molecule has 0 bridgehead atoms. The Morgan fingerprint density at radius 3 is 1.28 bits per heavy atom. The van der Waals surface area contributed by atoms with E-state index in [1.165, 1.54) is 51.4 Å². The molecule has 5 heteroatoms. The van der Waals surface area contributed by atoms with E-state index in [2.05, 4.69) is 13.8 Å². The summed E-state index contributed by atoms with van der Waals surface area (Å²) < 4.78 is 11.0. The second-order valence-electron chi connectivity index (χ2n) is 7.38. The summed E-state index contributed by atoms with van der Waals surface area (Å²) >= 11 is -3.47. The van der Waals surface area contributed by atoms with Gasteiger partial charge in [0.2, 0.25) is 0 Å². The van der Waals surface area contributed by atoms with Crippen LogP contribution in [0.25, 0.3) is 0 Å². The maximum atomic E-state index is 11.9. The Labute approximate surface area is 160 Å². The van der Waals surface area contributed by atoms with Gasteiger partial charge in [-0.15, -0.1) is 0 Å². The van der Waals surface area contributed by atoms with E-state index in [1.54, 1.807) is 0 Å². The standard InChI is InChI=1S/2C9H18O2.2CH3.Sn/c2*1-2-3-4-5-6-7-8-9(10)11;;;/h2*2-8H2,1H3,(H,10,11);2*1H3;/q;;;;+2/p-2. The molecule has 0 aliphatic heterocycles. The Morgan fingerprint density at radius 1 is 0.600 bits per heavy atom. The quantitative estimate of drug-likeness (QED) is 0.200. The molecule has 0 unspecified atom stereocenters. The van der Waals surface area contributed by atoms with E-state index in [-0.39, 0.29) is 11.9 Å². The molecule has 0 atom stereocenters. The van der Waals surface area contributed by atoms with E-state index in [4.69, 9.17) is 6.15 Å². The van der Waals surface area contributed by atoms with Crippen LogP contribution in [0.4, 0.5) is 0 Å². The summed E-state index contributed by atoms with van der Waals surface area (Å²) in [5, 5.41) is 0. The zero-order valence-electron chi connectivity index (χ0n) is 17.0. The molecule has 0 aliphatic carbocycles. The molecule has 0 aliphatic rings. The van der Waals surface area contributed by atoms with Crippen molar-refractivity contribution >= 4 is 31.1 Å². The van der Waals surface area contributed by atoms with Crippen molar-refractivity contribution in [1.82, 2.24) is 0 Å². The Bertz CT molecular complexity index is 324. The van der Waals surface area contributed by atoms with Gasteiger partial charge >= 0.3 is 160 Å². The molecular weight excluding hydrogens is 423 g/mol. The van der Waals surface area contributed by atoms with E-state index in [1.807, 2.05) is 9.88 Å². The average molecular weight is 463 g/mol. The van der Waals surface area contributed by atoms with Crippen molar-refractivity contribution in [2.75, 3.05) is 0 Å². The van der Waals surface area contributed by atoms with Crippen molar-refractivity contribution < 1.29 is 15.7 Å². The number of rotatable bonds is 16. The molecule has 0 saturated heterocycles. The summed E-state index contributed by atoms with van der Waals surface area (Å²) in [5.41, 5.74) is 0. The summed E-state index contributed by atoms with van der Waals surface area (Å²) in [4.78, 5) is 27.5. The topological polar surface area (TPSA) is 52.6 Å². The molecule has 0 fully saturated rings. The van der Waals surface area contributed by atoms with Gasteiger partial charge < -0.3 is 0 Å². The monoisotopic (exact) mass is 464 g/mol. The summed E-state index contributed by atoms with van der Waals surface area (Å²) in [5.74, 6) is -0.382. The first-order valence-corrected chi connectivity index (χ1v) is 18.4. The Morgan fingerprint density at radius 2 is 0.920 bits per heavy atom. The maximum absolute atomic E-state index is 11.9. The predicted molar refractivity (Wildman–Crippen MR) is 106 cm³/mol. The fourth-order valence-corrected chi connectivity index (χ4v) is 6.60. The van der Waals surface area contributed by atoms with Crippen LogP contribution in [0.3, 0.4) is 0 Å². The van der Waals surface area contributed by atoms with Gasteiger partial charge in [0.15, 0.2) is 0 Å². The minimum absolute atomic E-state index is 0.191. The first kappa shape index (κ1) is 24.7. The van der Waals surface area contributed by atoms with Gasteiger partial charge in [-0.25, -0.2) is 0 Å². The third-order valence-corrected chi connectivity index (χ3v) is 8.29. The van der Waals surface area contributed by atoms with Crippen molar-refractivity contribution in [2.45, 2.75) is 114 Å². The second kappa shape index (κ2) is 16.0. The zero-order valence-corrected chi connectivity index (χ0v) is 19.9. The third-order valence-electron chi connectivity index (χ3n) is 4.19. The van der Waals surface area contributed by atoms with E-state index >= 15 is 0 Å². The fraction of sp³-hybridized carbons (Fsp3) is 0.900. The number of unbranched alkanes of at least 4 members (excludes halogenated alkanes) is 10. The Balaban J connectivity index is 3.79. The number of hydrogen-bond acceptors (Lipinski definition) is 4. The molecule has 0 aromatic rings. The molecule has 0 rings (SSSR count). The van der Waals surface area contributed by atoms with Crippen LogP contribution in [0.2, 0.25) is 9.88 Å². The molecule has 0 aromatic carbocycles. The molecule has 0 amide bonds. The molecular formula is C20H40O4Sn. The second-order valence-corrected chi connectivity index (χ2v) is 16.5. The van der Waals surface area contributed by atoms with Gasteiger partial charge in [0.05, 0.1) is 0 Å². The van der Waals surface area contributed by atoms with Gasteiger partial charge in [-0.3, -0.25) is 0 Å². The molecule has 25 heavy (non-hydrogen) atoms. The van der Waals surface area contributed by atoms with Crippen molar-refractivity contribution in [3.63, 3.8) is 0 Å². The Kier molecular flexibility index (Phi) is 15.8. The van der Waals surface area contributed by atoms with Crippen LogP contribution in [0, 0.1) is 0 Å². The molecule has 4 nitrogen and oxygen atoms in total. The molecule has 0 N–H and O–H groups in total. The normalized spacial score (nSPS) is 11.4. The zero-order chi connectivity index (χ0) is 19.0. The van der Waals surface area contributed by atoms with E-state index in [0.29, 0.717) is 12.8 Å². The van der Waals surface area contributed by atoms with E-state index < -0.39 is 19.2 Å². The van der Waals surface area contributed by atoms with Crippen LogP contribution in [0.1, 0.15) is 104 Å². The summed E-state index contributed by atoms with van der Waals surface area (Å²) in [6.07, 6.45) is 14.6. The summed E-state index contributed by atoms with van der Waals surface area (Å²) in [6.45, 7) is 4.39. The van der Waals surface area contributed by atoms with Crippen LogP contribution in [0.5, 0.6) is 0 Å². The molecule has 0 radical (unpaired) electrons. The summed E-state index contributed by atoms with van der Waals surface area (Å²) in [7, 11) is 0. The van der Waals surface area contributed by atoms with Crippen molar-refractivity contribution in [3.8, 4) is 0 Å². The first-order valence-electron chi connectivity index (χ1n) is 10.3. The van der Waals surface area contributed by atoms with Crippen LogP contribution < -0.4 is 0 Å². The predicted octanol–water partition coefficient (Wildman–Crippen LogP) is 6.28. The van der Waals surface area contributed by atoms with Gasteiger partial charge in [0.25, 0.3) is 0 Å². The van der Waals surface area contributed by atoms with Crippen molar-refractivity contribution in [2.24, 2.45) is 0 Å². The SMILES string of the molecule is CCCCCCCCC(=O)[O][Sn]([CH3])([CH3])[O]C(=O)CCCCCCCC. The van der Waals surface area contributed by atoms with Gasteiger partial charge in [0.1, 0.15) is 0 Å². The van der Waals surface area contributed by atoms with Gasteiger partial charge in [-0.05, 0) is 0 Å².